The maximum Gasteiger partial charge on any atom is 0.408 e. The van der Waals surface area contributed by atoms with Crippen molar-refractivity contribution in [1.29, 1.82) is 0 Å². The molecule has 4 rings (SSSR count). The summed E-state index contributed by atoms with van der Waals surface area (Å²) in [5, 5.41) is 7.80. The van der Waals surface area contributed by atoms with E-state index in [2.05, 4.69) is 10.6 Å². The fraction of sp³-hybridized carbons (Fsp3) is 0.387. The van der Waals surface area contributed by atoms with Crippen molar-refractivity contribution >= 4 is 34.4 Å². The van der Waals surface area contributed by atoms with Gasteiger partial charge in [0.15, 0.2) is 0 Å². The zero-order chi connectivity index (χ0) is 27.4. The molecule has 200 valence electrons. The van der Waals surface area contributed by atoms with E-state index < -0.39 is 23.8 Å². The number of anilines is 1. The van der Waals surface area contributed by atoms with Crippen LogP contribution in [0.2, 0.25) is 0 Å². The van der Waals surface area contributed by atoms with Gasteiger partial charge in [-0.15, -0.1) is 0 Å². The van der Waals surface area contributed by atoms with Crippen molar-refractivity contribution in [3.05, 3.63) is 77.9 Å². The van der Waals surface area contributed by atoms with E-state index in [0.717, 1.165) is 41.2 Å². The molecule has 7 nitrogen and oxygen atoms in total. The number of nitrogens with one attached hydrogen (secondary N) is 2. The number of carbonyl (C=O) groups excluding carboxylic acids is 3. The summed E-state index contributed by atoms with van der Waals surface area (Å²) in [7, 11) is 0. The van der Waals surface area contributed by atoms with E-state index in [4.69, 9.17) is 4.74 Å². The third-order valence-corrected chi connectivity index (χ3v) is 6.76. The van der Waals surface area contributed by atoms with Gasteiger partial charge in [-0.25, -0.2) is 4.79 Å². The van der Waals surface area contributed by atoms with Crippen molar-refractivity contribution in [3.8, 4) is 0 Å². The maximum absolute atomic E-state index is 13.9. The minimum absolute atomic E-state index is 0.0981. The molecule has 3 aromatic rings. The topological polar surface area (TPSA) is 87.7 Å². The van der Waals surface area contributed by atoms with Crippen molar-refractivity contribution < 1.29 is 19.1 Å². The van der Waals surface area contributed by atoms with Gasteiger partial charge in [-0.05, 0) is 82.3 Å². The number of hydrogen-bond donors (Lipinski definition) is 2. The predicted octanol–water partition coefficient (Wildman–Crippen LogP) is 6.12. The molecule has 0 aromatic heterocycles. The van der Waals surface area contributed by atoms with E-state index >= 15 is 0 Å². The Morgan fingerprint density at radius 1 is 0.947 bits per heavy atom. The molecule has 38 heavy (non-hydrogen) atoms. The second-order valence-electron chi connectivity index (χ2n) is 11.1. The fourth-order valence-electron chi connectivity index (χ4n) is 4.62. The number of ether oxygens (including phenoxy) is 1. The number of alkyl carbamates (subject to hydrolysis) is 1. The highest BCUT2D eigenvalue weighted by molar-refractivity contribution is 6.00. The highest BCUT2D eigenvalue weighted by Crippen LogP contribution is 2.34. The standard InChI is InChI=1S/C31H37N3O4/c1-20-13-15-23(16-14-20)27(28(35)33-25-18-17-22-9-6-7-10-24(22)19-25)34(26-11-8-12-26)29(36)21(2)32-30(37)38-31(3,4)5/h6-7,9-10,13-19,21,26-27H,8,11-12H2,1-5H3,(H,32,37)(H,33,35). The average Bonchev–Trinajstić information content (AvgIpc) is 2.81. The summed E-state index contributed by atoms with van der Waals surface area (Å²) in [6, 6.07) is 19.6. The van der Waals surface area contributed by atoms with Gasteiger partial charge in [-0.3, -0.25) is 9.59 Å². The molecule has 0 aliphatic heterocycles. The first-order valence-electron chi connectivity index (χ1n) is 13.2. The normalized spacial score (nSPS) is 15.2. The lowest BCUT2D eigenvalue weighted by Gasteiger charge is -2.43. The van der Waals surface area contributed by atoms with E-state index in [0.29, 0.717) is 5.69 Å². The van der Waals surface area contributed by atoms with E-state index in [-0.39, 0.29) is 17.9 Å². The second kappa shape index (κ2) is 11.3. The Kier molecular flexibility index (Phi) is 8.05. The second-order valence-corrected chi connectivity index (χ2v) is 11.1. The van der Waals surface area contributed by atoms with Gasteiger partial charge in [0.25, 0.3) is 5.91 Å². The Morgan fingerprint density at radius 2 is 1.61 bits per heavy atom. The van der Waals surface area contributed by atoms with Gasteiger partial charge >= 0.3 is 6.09 Å². The van der Waals surface area contributed by atoms with Crippen LogP contribution in [-0.4, -0.2) is 40.5 Å². The lowest BCUT2D eigenvalue weighted by molar-refractivity contribution is -0.145. The summed E-state index contributed by atoms with van der Waals surface area (Å²) >= 11 is 0. The number of aryl methyl sites for hydroxylation is 1. The van der Waals surface area contributed by atoms with E-state index in [1.54, 1.807) is 32.6 Å². The van der Waals surface area contributed by atoms with Crippen LogP contribution in [0.1, 0.15) is 64.1 Å². The number of hydrogen-bond acceptors (Lipinski definition) is 4. The molecule has 0 spiro atoms. The summed E-state index contributed by atoms with van der Waals surface area (Å²) in [5.74, 6) is -0.617. The molecule has 0 bridgehead atoms. The van der Waals surface area contributed by atoms with Gasteiger partial charge in [-0.1, -0.05) is 60.2 Å². The van der Waals surface area contributed by atoms with E-state index in [1.807, 2.05) is 73.7 Å². The highest BCUT2D eigenvalue weighted by Gasteiger charge is 2.41. The fourth-order valence-corrected chi connectivity index (χ4v) is 4.62. The number of amides is 3. The quantitative estimate of drug-likeness (QED) is 0.397. The van der Waals surface area contributed by atoms with Crippen LogP contribution >= 0.6 is 0 Å². The third kappa shape index (κ3) is 6.52. The predicted molar refractivity (Wildman–Crippen MR) is 150 cm³/mol. The maximum atomic E-state index is 13.9. The number of nitrogens with zero attached hydrogens (tertiary/aromatic N) is 1. The van der Waals surface area contributed by atoms with Crippen LogP contribution in [0.3, 0.4) is 0 Å². The zero-order valence-corrected chi connectivity index (χ0v) is 22.8. The summed E-state index contributed by atoms with van der Waals surface area (Å²) in [4.78, 5) is 41.9. The Bertz CT molecular complexity index is 1310. The summed E-state index contributed by atoms with van der Waals surface area (Å²) in [6.07, 6.45) is 1.92. The molecule has 0 saturated heterocycles. The van der Waals surface area contributed by atoms with E-state index in [9.17, 15) is 14.4 Å². The summed E-state index contributed by atoms with van der Waals surface area (Å²) < 4.78 is 5.36. The molecule has 7 heteroatoms. The Balaban J connectivity index is 1.65. The SMILES string of the molecule is Cc1ccc(C(C(=O)Nc2ccc3ccccc3c2)N(C(=O)C(C)NC(=O)OC(C)(C)C)C2CCC2)cc1. The van der Waals surface area contributed by atoms with Gasteiger partial charge in [0.2, 0.25) is 5.91 Å². The third-order valence-electron chi connectivity index (χ3n) is 6.76. The Labute approximate surface area is 224 Å². The van der Waals surface area contributed by atoms with Crippen molar-refractivity contribution in [1.82, 2.24) is 10.2 Å². The van der Waals surface area contributed by atoms with Crippen molar-refractivity contribution in [3.63, 3.8) is 0 Å². The lowest BCUT2D eigenvalue weighted by Crippen LogP contribution is -2.56. The molecule has 1 fully saturated rings. The first kappa shape index (κ1) is 27.2. The average molecular weight is 516 g/mol. The largest absolute Gasteiger partial charge is 0.444 e. The van der Waals surface area contributed by atoms with Crippen LogP contribution in [-0.2, 0) is 14.3 Å². The molecule has 3 amide bonds. The Morgan fingerprint density at radius 3 is 2.21 bits per heavy atom. The van der Waals surface area contributed by atoms with Gasteiger partial charge < -0.3 is 20.3 Å². The van der Waals surface area contributed by atoms with Gasteiger partial charge in [0, 0.05) is 11.7 Å². The van der Waals surface area contributed by atoms with Crippen LogP contribution in [0, 0.1) is 6.92 Å². The Hall–Kier alpha value is -3.87. The molecule has 1 aliphatic carbocycles. The van der Waals surface area contributed by atoms with Crippen LogP contribution in [0.15, 0.2) is 66.7 Å². The van der Waals surface area contributed by atoms with E-state index in [1.165, 1.54) is 0 Å². The smallest absolute Gasteiger partial charge is 0.408 e. The molecule has 0 radical (unpaired) electrons. The number of fused-ring (bicyclic) bond motifs is 1. The molecule has 2 N–H and O–H groups in total. The van der Waals surface area contributed by atoms with Gasteiger partial charge in [0.05, 0.1) is 0 Å². The van der Waals surface area contributed by atoms with Crippen molar-refractivity contribution in [2.75, 3.05) is 5.32 Å². The van der Waals surface area contributed by atoms with Crippen molar-refractivity contribution in [2.45, 2.75) is 77.6 Å². The molecule has 2 atom stereocenters. The molecule has 1 aliphatic rings. The molecular weight excluding hydrogens is 478 g/mol. The van der Waals surface area contributed by atoms with Crippen LogP contribution in [0.4, 0.5) is 10.5 Å². The minimum Gasteiger partial charge on any atom is -0.444 e. The number of carbonyl (C=O) groups is 3. The first-order chi connectivity index (χ1) is 18.0. The monoisotopic (exact) mass is 515 g/mol. The van der Waals surface area contributed by atoms with Crippen LogP contribution in [0.25, 0.3) is 10.8 Å². The lowest BCUT2D eigenvalue weighted by atomic mass is 9.88. The summed E-state index contributed by atoms with van der Waals surface area (Å²) in [5.41, 5.74) is 1.75. The van der Waals surface area contributed by atoms with Crippen LogP contribution < -0.4 is 10.6 Å². The van der Waals surface area contributed by atoms with Crippen molar-refractivity contribution in [2.24, 2.45) is 0 Å². The number of benzene rings is 3. The molecular formula is C31H37N3O4. The van der Waals surface area contributed by atoms with Crippen LogP contribution in [0.5, 0.6) is 0 Å². The van der Waals surface area contributed by atoms with Gasteiger partial charge in [0.1, 0.15) is 17.7 Å². The first-order valence-corrected chi connectivity index (χ1v) is 13.2. The number of rotatable bonds is 7. The summed E-state index contributed by atoms with van der Waals surface area (Å²) in [6.45, 7) is 8.92. The molecule has 2 unspecified atom stereocenters. The van der Waals surface area contributed by atoms with Gasteiger partial charge in [-0.2, -0.15) is 0 Å². The zero-order valence-electron chi connectivity index (χ0n) is 22.8. The molecule has 0 heterocycles. The molecule has 1 saturated carbocycles. The molecule has 3 aromatic carbocycles. The minimum atomic E-state index is -0.869. The highest BCUT2D eigenvalue weighted by atomic mass is 16.6.